The third-order valence-electron chi connectivity index (χ3n) is 3.71. The van der Waals surface area contributed by atoms with Crippen LogP contribution in [0.15, 0.2) is 12.3 Å². The summed E-state index contributed by atoms with van der Waals surface area (Å²) in [5.74, 6) is 0.763. The van der Waals surface area contributed by atoms with Gasteiger partial charge in [-0.3, -0.25) is 0 Å². The fraction of sp³-hybridized carbons (Fsp3) is 0.571. The van der Waals surface area contributed by atoms with Gasteiger partial charge in [-0.15, -0.1) is 0 Å². The summed E-state index contributed by atoms with van der Waals surface area (Å²) in [6.07, 6.45) is 9.19. The minimum absolute atomic E-state index is 0.496. The van der Waals surface area contributed by atoms with Crippen LogP contribution >= 0.6 is 0 Å². The molecule has 1 aliphatic rings. The zero-order valence-electron chi connectivity index (χ0n) is 10.9. The van der Waals surface area contributed by atoms with Crippen molar-refractivity contribution in [1.82, 2.24) is 4.98 Å². The molecule has 1 aromatic rings. The summed E-state index contributed by atoms with van der Waals surface area (Å²) < 4.78 is 0. The van der Waals surface area contributed by atoms with Crippen LogP contribution in [0.4, 0.5) is 11.5 Å². The van der Waals surface area contributed by atoms with Crippen LogP contribution in [0.5, 0.6) is 0 Å². The summed E-state index contributed by atoms with van der Waals surface area (Å²) in [5, 5.41) is 9.17. The summed E-state index contributed by atoms with van der Waals surface area (Å²) in [6, 6.07) is 4.39. The van der Waals surface area contributed by atoms with Crippen molar-refractivity contribution < 1.29 is 0 Å². The molecule has 0 aromatic carbocycles. The second-order valence-corrected chi connectivity index (χ2v) is 5.01. The largest absolute Gasteiger partial charge is 0.397 e. The van der Waals surface area contributed by atoms with Gasteiger partial charge in [-0.1, -0.05) is 25.7 Å². The van der Waals surface area contributed by atoms with E-state index in [4.69, 9.17) is 5.73 Å². The Balaban J connectivity index is 2.22. The molecule has 0 bridgehead atoms. The normalized spacial score (nSPS) is 16.9. The molecule has 96 valence electrons. The predicted molar refractivity (Wildman–Crippen MR) is 73.3 cm³/mol. The molecule has 18 heavy (non-hydrogen) atoms. The highest BCUT2D eigenvalue weighted by Crippen LogP contribution is 2.26. The average Bonchev–Trinajstić information content (AvgIpc) is 2.66. The van der Waals surface area contributed by atoms with Gasteiger partial charge in [-0.2, -0.15) is 5.26 Å². The number of anilines is 2. The monoisotopic (exact) mass is 244 g/mol. The quantitative estimate of drug-likeness (QED) is 0.812. The van der Waals surface area contributed by atoms with Crippen LogP contribution in [-0.2, 0) is 0 Å². The molecule has 1 heterocycles. The van der Waals surface area contributed by atoms with Gasteiger partial charge < -0.3 is 10.6 Å². The molecule has 1 aromatic heterocycles. The maximum absolute atomic E-state index is 9.17. The van der Waals surface area contributed by atoms with E-state index >= 15 is 0 Å². The summed E-state index contributed by atoms with van der Waals surface area (Å²) in [7, 11) is 2.04. The van der Waals surface area contributed by atoms with Gasteiger partial charge in [-0.25, -0.2) is 4.98 Å². The van der Waals surface area contributed by atoms with Gasteiger partial charge >= 0.3 is 0 Å². The Morgan fingerprint density at radius 1 is 1.33 bits per heavy atom. The predicted octanol–water partition coefficient (Wildman–Crippen LogP) is 2.69. The number of nitrogen functional groups attached to an aromatic ring is 1. The minimum atomic E-state index is 0.496. The summed E-state index contributed by atoms with van der Waals surface area (Å²) >= 11 is 0. The molecule has 0 amide bonds. The lowest BCUT2D eigenvalue weighted by molar-refractivity contribution is 0.549. The van der Waals surface area contributed by atoms with Crippen molar-refractivity contribution in [3.05, 3.63) is 17.8 Å². The average molecular weight is 244 g/mol. The number of nitrogens with zero attached hydrogens (tertiary/aromatic N) is 3. The zero-order chi connectivity index (χ0) is 13.0. The molecule has 1 fully saturated rings. The fourth-order valence-electron chi connectivity index (χ4n) is 2.66. The number of aromatic nitrogens is 1. The van der Waals surface area contributed by atoms with Crippen LogP contribution in [-0.4, -0.2) is 18.1 Å². The Kier molecular flexibility index (Phi) is 4.03. The van der Waals surface area contributed by atoms with Gasteiger partial charge in [0, 0.05) is 13.1 Å². The number of hydrogen-bond acceptors (Lipinski definition) is 4. The van der Waals surface area contributed by atoms with Gasteiger partial charge in [-0.05, 0) is 18.9 Å². The first-order valence-corrected chi connectivity index (χ1v) is 6.61. The van der Waals surface area contributed by atoms with E-state index in [2.05, 4.69) is 16.0 Å². The van der Waals surface area contributed by atoms with E-state index < -0.39 is 0 Å². The van der Waals surface area contributed by atoms with E-state index in [1.54, 1.807) is 12.3 Å². The summed E-state index contributed by atoms with van der Waals surface area (Å²) in [6.45, 7) is 0. The van der Waals surface area contributed by atoms with E-state index in [0.29, 0.717) is 17.3 Å². The third kappa shape index (κ3) is 2.73. The number of nitriles is 1. The standard InChI is InChI=1S/C14H20N4/c1-18(13-6-4-2-3-5-7-13)14-11(9-15)8-12(16)10-17-14/h8,10,13H,2-7,16H2,1H3. The van der Waals surface area contributed by atoms with Crippen molar-refractivity contribution in [2.24, 2.45) is 0 Å². The summed E-state index contributed by atoms with van der Waals surface area (Å²) in [5.41, 5.74) is 6.79. The topological polar surface area (TPSA) is 65.9 Å². The lowest BCUT2D eigenvalue weighted by Gasteiger charge is -2.28. The first-order valence-electron chi connectivity index (χ1n) is 6.61. The molecule has 0 atom stereocenters. The van der Waals surface area contributed by atoms with Gasteiger partial charge in [0.25, 0.3) is 0 Å². The molecule has 0 aliphatic heterocycles. The second-order valence-electron chi connectivity index (χ2n) is 5.01. The Labute approximate surface area is 108 Å². The molecule has 2 N–H and O–H groups in total. The van der Waals surface area contributed by atoms with Gasteiger partial charge in [0.05, 0.1) is 17.4 Å². The molecule has 2 rings (SSSR count). The van der Waals surface area contributed by atoms with E-state index in [1.165, 1.54) is 38.5 Å². The molecule has 0 saturated heterocycles. The van der Waals surface area contributed by atoms with Crippen molar-refractivity contribution in [3.63, 3.8) is 0 Å². The van der Waals surface area contributed by atoms with E-state index in [-0.39, 0.29) is 0 Å². The Bertz CT molecular complexity index is 442. The SMILES string of the molecule is CN(c1ncc(N)cc1C#N)C1CCCCCC1. The van der Waals surface area contributed by atoms with Crippen molar-refractivity contribution in [1.29, 1.82) is 5.26 Å². The van der Waals surface area contributed by atoms with Crippen LogP contribution in [0, 0.1) is 11.3 Å². The first kappa shape index (κ1) is 12.7. The van der Waals surface area contributed by atoms with Gasteiger partial charge in [0.2, 0.25) is 0 Å². The maximum Gasteiger partial charge on any atom is 0.146 e. The van der Waals surface area contributed by atoms with Crippen LogP contribution in [0.3, 0.4) is 0 Å². The zero-order valence-corrected chi connectivity index (χ0v) is 10.9. The lowest BCUT2D eigenvalue weighted by Crippen LogP contribution is -2.32. The maximum atomic E-state index is 9.17. The number of rotatable bonds is 2. The Hall–Kier alpha value is -1.76. The van der Waals surface area contributed by atoms with Gasteiger partial charge in [0.15, 0.2) is 0 Å². The molecule has 4 nitrogen and oxygen atoms in total. The Morgan fingerprint density at radius 2 is 2.00 bits per heavy atom. The third-order valence-corrected chi connectivity index (χ3v) is 3.71. The van der Waals surface area contributed by atoms with E-state index in [1.807, 2.05) is 7.05 Å². The number of hydrogen-bond donors (Lipinski definition) is 1. The Morgan fingerprint density at radius 3 is 2.61 bits per heavy atom. The van der Waals surface area contributed by atoms with E-state index in [0.717, 1.165) is 5.82 Å². The van der Waals surface area contributed by atoms with Crippen LogP contribution in [0.25, 0.3) is 0 Å². The molecule has 1 aliphatic carbocycles. The van der Waals surface area contributed by atoms with Crippen LogP contribution in [0.1, 0.15) is 44.1 Å². The second kappa shape index (κ2) is 5.72. The van der Waals surface area contributed by atoms with Crippen molar-refractivity contribution >= 4 is 11.5 Å². The highest BCUT2D eigenvalue weighted by Gasteiger charge is 2.20. The number of pyridine rings is 1. The minimum Gasteiger partial charge on any atom is -0.397 e. The van der Waals surface area contributed by atoms with Crippen molar-refractivity contribution in [2.45, 2.75) is 44.6 Å². The van der Waals surface area contributed by atoms with Crippen LogP contribution < -0.4 is 10.6 Å². The summed E-state index contributed by atoms with van der Waals surface area (Å²) in [4.78, 5) is 6.49. The molecule has 0 spiro atoms. The van der Waals surface area contributed by atoms with Crippen LogP contribution in [0.2, 0.25) is 0 Å². The van der Waals surface area contributed by atoms with Crippen molar-refractivity contribution in [3.8, 4) is 6.07 Å². The number of nitrogens with two attached hydrogens (primary N) is 1. The fourth-order valence-corrected chi connectivity index (χ4v) is 2.66. The molecular formula is C14H20N4. The highest BCUT2D eigenvalue weighted by molar-refractivity contribution is 5.58. The van der Waals surface area contributed by atoms with Crippen molar-refractivity contribution in [2.75, 3.05) is 17.7 Å². The molecule has 0 radical (unpaired) electrons. The highest BCUT2D eigenvalue weighted by atomic mass is 15.2. The molecular weight excluding hydrogens is 224 g/mol. The molecule has 1 saturated carbocycles. The lowest BCUT2D eigenvalue weighted by atomic mass is 10.1. The van der Waals surface area contributed by atoms with E-state index in [9.17, 15) is 5.26 Å². The molecule has 4 heteroatoms. The molecule has 0 unspecified atom stereocenters. The van der Waals surface area contributed by atoms with Gasteiger partial charge in [0.1, 0.15) is 11.9 Å². The smallest absolute Gasteiger partial charge is 0.146 e. The first-order chi connectivity index (χ1) is 8.72.